The van der Waals surface area contributed by atoms with Gasteiger partial charge in [-0.1, -0.05) is 6.07 Å². The van der Waals surface area contributed by atoms with Crippen molar-refractivity contribution in [1.29, 1.82) is 0 Å². The maximum Gasteiger partial charge on any atom is 0.335 e. The van der Waals surface area contributed by atoms with Gasteiger partial charge in [-0.2, -0.15) is 4.31 Å². The number of sulfonamides is 1. The van der Waals surface area contributed by atoms with Crippen LogP contribution in [0.4, 0.5) is 0 Å². The molecule has 2 heterocycles. The zero-order chi connectivity index (χ0) is 16.4. The first-order valence-corrected chi connectivity index (χ1v) is 8.40. The van der Waals surface area contributed by atoms with Crippen LogP contribution in [0.3, 0.4) is 0 Å². The smallest absolute Gasteiger partial charge is 0.335 e. The van der Waals surface area contributed by atoms with E-state index in [0.29, 0.717) is 5.76 Å². The summed E-state index contributed by atoms with van der Waals surface area (Å²) < 4.78 is 37.8. The quantitative estimate of drug-likeness (QED) is 0.913. The Labute approximate surface area is 133 Å². The lowest BCUT2D eigenvalue weighted by Crippen LogP contribution is -2.43. The first-order valence-electron chi connectivity index (χ1n) is 6.96. The summed E-state index contributed by atoms with van der Waals surface area (Å²) in [5, 5.41) is 9.04. The van der Waals surface area contributed by atoms with E-state index in [4.69, 9.17) is 14.3 Å². The molecule has 0 radical (unpaired) electrons. The minimum absolute atomic E-state index is 0.0594. The van der Waals surface area contributed by atoms with Gasteiger partial charge in [0.1, 0.15) is 11.8 Å². The van der Waals surface area contributed by atoms with Crippen LogP contribution in [0.5, 0.6) is 0 Å². The fourth-order valence-corrected chi connectivity index (χ4v) is 4.12. The Hall–Kier alpha value is -2.16. The Morgan fingerprint density at radius 3 is 2.78 bits per heavy atom. The van der Waals surface area contributed by atoms with E-state index < -0.39 is 22.0 Å². The molecule has 1 aliphatic rings. The summed E-state index contributed by atoms with van der Waals surface area (Å²) in [6, 6.07) is 8.11. The van der Waals surface area contributed by atoms with Gasteiger partial charge >= 0.3 is 5.97 Å². The standard InChI is InChI=1S/C15H15NO6S/c17-15(18)11-3-1-4-12(9-11)23(19,20)16-6-8-21-10-13(16)14-5-2-7-22-14/h1-5,7,9,13H,6,8,10H2,(H,17,18). The summed E-state index contributed by atoms with van der Waals surface area (Å²) in [6.45, 7) is 0.630. The van der Waals surface area contributed by atoms with Crippen LogP contribution in [0.15, 0.2) is 52.0 Å². The van der Waals surface area contributed by atoms with Gasteiger partial charge in [-0.3, -0.25) is 0 Å². The molecular formula is C15H15NO6S. The number of benzene rings is 1. The molecule has 1 N–H and O–H groups in total. The number of carboxylic acids is 1. The number of nitrogens with zero attached hydrogens (tertiary/aromatic N) is 1. The molecule has 0 saturated carbocycles. The Balaban J connectivity index is 2.00. The van der Waals surface area contributed by atoms with Crippen molar-refractivity contribution in [3.8, 4) is 0 Å². The third-order valence-corrected chi connectivity index (χ3v) is 5.54. The van der Waals surface area contributed by atoms with Gasteiger partial charge in [-0.05, 0) is 30.3 Å². The molecule has 0 spiro atoms. The molecular weight excluding hydrogens is 322 g/mol. The van der Waals surface area contributed by atoms with Gasteiger partial charge in [-0.25, -0.2) is 13.2 Å². The minimum atomic E-state index is -3.86. The van der Waals surface area contributed by atoms with Gasteiger partial charge in [0.05, 0.1) is 29.9 Å². The molecule has 0 aliphatic carbocycles. The average Bonchev–Trinajstić information content (AvgIpc) is 3.09. The molecule has 1 aromatic carbocycles. The number of ether oxygens (including phenoxy) is 1. The summed E-state index contributed by atoms with van der Waals surface area (Å²) in [5.41, 5.74) is -0.0751. The Kier molecular flexibility index (Phi) is 4.20. The second-order valence-electron chi connectivity index (χ2n) is 5.05. The first-order chi connectivity index (χ1) is 11.0. The monoisotopic (exact) mass is 337 g/mol. The SMILES string of the molecule is O=C(O)c1cccc(S(=O)(=O)N2CCOCC2c2ccco2)c1. The molecule has 7 nitrogen and oxygen atoms in total. The van der Waals surface area contributed by atoms with Crippen molar-refractivity contribution < 1.29 is 27.5 Å². The van der Waals surface area contributed by atoms with Crippen molar-refractivity contribution in [1.82, 2.24) is 4.31 Å². The lowest BCUT2D eigenvalue weighted by molar-refractivity contribution is 0.0244. The van der Waals surface area contributed by atoms with Gasteiger partial charge < -0.3 is 14.3 Å². The van der Waals surface area contributed by atoms with Crippen molar-refractivity contribution in [3.63, 3.8) is 0 Å². The third kappa shape index (κ3) is 3.00. The third-order valence-electron chi connectivity index (χ3n) is 3.64. The average molecular weight is 337 g/mol. The molecule has 3 rings (SSSR count). The summed E-state index contributed by atoms with van der Waals surface area (Å²) in [5.74, 6) is -0.686. The molecule has 1 saturated heterocycles. The molecule has 1 fully saturated rings. The second-order valence-corrected chi connectivity index (χ2v) is 6.95. The van der Waals surface area contributed by atoms with Gasteiger partial charge in [-0.15, -0.1) is 0 Å². The maximum absolute atomic E-state index is 12.9. The van der Waals surface area contributed by atoms with Crippen molar-refractivity contribution in [3.05, 3.63) is 54.0 Å². The highest BCUT2D eigenvalue weighted by molar-refractivity contribution is 7.89. The number of hydrogen-bond donors (Lipinski definition) is 1. The fourth-order valence-electron chi connectivity index (χ4n) is 2.51. The minimum Gasteiger partial charge on any atom is -0.478 e. The largest absolute Gasteiger partial charge is 0.478 e. The van der Waals surface area contributed by atoms with Crippen LogP contribution >= 0.6 is 0 Å². The van der Waals surface area contributed by atoms with Gasteiger partial charge in [0.15, 0.2) is 0 Å². The number of carbonyl (C=O) groups is 1. The van der Waals surface area contributed by atoms with E-state index in [1.807, 2.05) is 0 Å². The number of rotatable bonds is 4. The summed E-state index contributed by atoms with van der Waals surface area (Å²) >= 11 is 0. The molecule has 1 aliphatic heterocycles. The fraction of sp³-hybridized carbons (Fsp3) is 0.267. The molecule has 0 bridgehead atoms. The predicted octanol–water partition coefficient (Wildman–Crippen LogP) is 1.74. The summed E-state index contributed by atoms with van der Waals surface area (Å²) in [6.07, 6.45) is 1.47. The lowest BCUT2D eigenvalue weighted by Gasteiger charge is -2.33. The number of hydrogen-bond acceptors (Lipinski definition) is 5. The zero-order valence-electron chi connectivity index (χ0n) is 12.1. The molecule has 1 atom stereocenters. The summed E-state index contributed by atoms with van der Waals surface area (Å²) in [4.78, 5) is 11.0. The molecule has 2 aromatic rings. The van der Waals surface area contributed by atoms with Crippen LogP contribution in [0.25, 0.3) is 0 Å². The van der Waals surface area contributed by atoms with Crippen LogP contribution in [0.2, 0.25) is 0 Å². The number of aromatic carboxylic acids is 1. The Morgan fingerprint density at radius 2 is 2.09 bits per heavy atom. The van der Waals surface area contributed by atoms with Gasteiger partial charge in [0, 0.05) is 6.54 Å². The molecule has 1 unspecified atom stereocenters. The van der Waals surface area contributed by atoms with E-state index in [1.165, 1.54) is 28.8 Å². The molecule has 8 heteroatoms. The van der Waals surface area contributed by atoms with E-state index in [1.54, 1.807) is 12.1 Å². The highest BCUT2D eigenvalue weighted by Gasteiger charge is 2.36. The van der Waals surface area contributed by atoms with E-state index in [9.17, 15) is 13.2 Å². The molecule has 0 amide bonds. The highest BCUT2D eigenvalue weighted by atomic mass is 32.2. The second kappa shape index (κ2) is 6.15. The Bertz CT molecular complexity index is 799. The van der Waals surface area contributed by atoms with Crippen LogP contribution in [0.1, 0.15) is 22.2 Å². The topological polar surface area (TPSA) is 97.0 Å². The van der Waals surface area contributed by atoms with E-state index in [-0.39, 0.29) is 30.2 Å². The van der Waals surface area contributed by atoms with Crippen LogP contribution < -0.4 is 0 Å². The van der Waals surface area contributed by atoms with Crippen LogP contribution in [0, 0.1) is 0 Å². The first kappa shape index (κ1) is 15.7. The van der Waals surface area contributed by atoms with E-state index in [2.05, 4.69) is 0 Å². The van der Waals surface area contributed by atoms with E-state index in [0.717, 1.165) is 6.07 Å². The summed E-state index contributed by atoms with van der Waals surface area (Å²) in [7, 11) is -3.86. The lowest BCUT2D eigenvalue weighted by atomic mass is 10.2. The molecule has 122 valence electrons. The van der Waals surface area contributed by atoms with Crippen molar-refractivity contribution >= 4 is 16.0 Å². The van der Waals surface area contributed by atoms with Crippen LogP contribution in [-0.2, 0) is 14.8 Å². The number of furan rings is 1. The zero-order valence-corrected chi connectivity index (χ0v) is 12.9. The maximum atomic E-state index is 12.9. The van der Waals surface area contributed by atoms with Crippen molar-refractivity contribution in [2.75, 3.05) is 19.8 Å². The van der Waals surface area contributed by atoms with Gasteiger partial charge in [0.25, 0.3) is 0 Å². The number of morpholine rings is 1. The number of carboxylic acid groups (broad SMARTS) is 1. The van der Waals surface area contributed by atoms with Crippen molar-refractivity contribution in [2.45, 2.75) is 10.9 Å². The highest BCUT2D eigenvalue weighted by Crippen LogP contribution is 2.30. The molecule has 1 aromatic heterocycles. The van der Waals surface area contributed by atoms with Crippen molar-refractivity contribution in [2.24, 2.45) is 0 Å². The molecule has 23 heavy (non-hydrogen) atoms. The van der Waals surface area contributed by atoms with Gasteiger partial charge in [0.2, 0.25) is 10.0 Å². The van der Waals surface area contributed by atoms with Crippen LogP contribution in [-0.4, -0.2) is 43.6 Å². The normalized spacial score (nSPS) is 19.6. The predicted molar refractivity (Wildman–Crippen MR) is 79.6 cm³/mol. The van der Waals surface area contributed by atoms with E-state index >= 15 is 0 Å². The Morgan fingerprint density at radius 1 is 1.26 bits per heavy atom.